The van der Waals surface area contributed by atoms with Gasteiger partial charge >= 0.3 is 0 Å². The number of aliphatic hydroxyl groups is 1. The molecule has 0 aliphatic rings. The number of benzene rings is 1. The molecule has 0 bridgehead atoms. The molecular weight excluding hydrogens is 204 g/mol. The first-order valence-electron chi connectivity index (χ1n) is 4.64. The Kier molecular flexibility index (Phi) is 3.18. The first-order valence-corrected chi connectivity index (χ1v) is 5.52. The lowest BCUT2D eigenvalue weighted by Crippen LogP contribution is -1.88. The van der Waals surface area contributed by atoms with E-state index < -0.39 is 6.10 Å². The molecule has 1 heterocycles. The molecule has 1 aromatic heterocycles. The molecule has 1 N–H and O–H groups in total. The molecule has 2 heteroatoms. The Morgan fingerprint density at radius 2 is 1.87 bits per heavy atom. The number of thiophene rings is 1. The molecule has 0 aliphatic heterocycles. The zero-order valence-electron chi connectivity index (χ0n) is 8.05. The van der Waals surface area contributed by atoms with E-state index in [9.17, 15) is 5.11 Å². The van der Waals surface area contributed by atoms with Crippen LogP contribution in [0.1, 0.15) is 16.5 Å². The second-order valence-corrected chi connectivity index (χ2v) is 4.03. The standard InChI is InChI=1S/C13H10OS/c14-12(13-7-4-10-15-13)9-8-11-5-2-1-3-6-11/h1-7,10,12,14H/t12-/m0/s1. The van der Waals surface area contributed by atoms with E-state index in [0.29, 0.717) is 0 Å². The van der Waals surface area contributed by atoms with Gasteiger partial charge < -0.3 is 5.11 Å². The minimum absolute atomic E-state index is 0.676. The summed E-state index contributed by atoms with van der Waals surface area (Å²) in [6.45, 7) is 0. The first-order chi connectivity index (χ1) is 7.36. The van der Waals surface area contributed by atoms with Gasteiger partial charge in [-0.15, -0.1) is 11.3 Å². The highest BCUT2D eigenvalue weighted by Gasteiger charge is 2.02. The Balaban J connectivity index is 2.13. The second-order valence-electron chi connectivity index (χ2n) is 3.05. The molecule has 0 aliphatic carbocycles. The van der Waals surface area contributed by atoms with Crippen LogP contribution < -0.4 is 0 Å². The minimum atomic E-state index is -0.676. The van der Waals surface area contributed by atoms with Gasteiger partial charge in [-0.05, 0) is 23.6 Å². The largest absolute Gasteiger partial charge is 0.375 e. The molecule has 2 rings (SSSR count). The van der Waals surface area contributed by atoms with Gasteiger partial charge in [-0.1, -0.05) is 36.1 Å². The van der Waals surface area contributed by atoms with Crippen molar-refractivity contribution in [2.45, 2.75) is 6.10 Å². The molecule has 15 heavy (non-hydrogen) atoms. The van der Waals surface area contributed by atoms with Crippen LogP contribution in [0.15, 0.2) is 47.8 Å². The van der Waals surface area contributed by atoms with Gasteiger partial charge in [0.15, 0.2) is 0 Å². The maximum absolute atomic E-state index is 9.71. The van der Waals surface area contributed by atoms with Crippen LogP contribution in [0.4, 0.5) is 0 Å². The Hall–Kier alpha value is -1.56. The van der Waals surface area contributed by atoms with E-state index >= 15 is 0 Å². The predicted molar refractivity (Wildman–Crippen MR) is 62.6 cm³/mol. The molecule has 74 valence electrons. The Bertz CT molecular complexity index is 462. The van der Waals surface area contributed by atoms with Crippen molar-refractivity contribution >= 4 is 11.3 Å². The van der Waals surface area contributed by atoms with Gasteiger partial charge in [-0.2, -0.15) is 0 Å². The van der Waals surface area contributed by atoms with Crippen molar-refractivity contribution in [1.82, 2.24) is 0 Å². The van der Waals surface area contributed by atoms with Crippen molar-refractivity contribution in [2.75, 3.05) is 0 Å². The van der Waals surface area contributed by atoms with Gasteiger partial charge in [0.1, 0.15) is 6.10 Å². The summed E-state index contributed by atoms with van der Waals surface area (Å²) in [5.41, 5.74) is 0.924. The summed E-state index contributed by atoms with van der Waals surface area (Å²) in [5.74, 6) is 5.76. The predicted octanol–water partition coefficient (Wildman–Crippen LogP) is 2.83. The van der Waals surface area contributed by atoms with E-state index in [4.69, 9.17) is 0 Å². The lowest BCUT2D eigenvalue weighted by atomic mass is 10.2. The molecule has 2 aromatic rings. The van der Waals surface area contributed by atoms with E-state index in [1.165, 1.54) is 11.3 Å². The quantitative estimate of drug-likeness (QED) is 0.724. The summed E-state index contributed by atoms with van der Waals surface area (Å²) < 4.78 is 0. The average Bonchev–Trinajstić information content (AvgIpc) is 2.81. The number of hydrogen-bond acceptors (Lipinski definition) is 2. The summed E-state index contributed by atoms with van der Waals surface area (Å²) in [6, 6.07) is 13.5. The van der Waals surface area contributed by atoms with Crippen LogP contribution in [0, 0.1) is 11.8 Å². The fourth-order valence-electron chi connectivity index (χ4n) is 1.19. The van der Waals surface area contributed by atoms with Crippen LogP contribution in [-0.2, 0) is 0 Å². The summed E-state index contributed by atoms with van der Waals surface area (Å²) in [7, 11) is 0. The first kappa shape index (κ1) is 9.97. The normalized spacial score (nSPS) is 11.5. The third-order valence-corrected chi connectivity index (χ3v) is 2.86. The summed E-state index contributed by atoms with van der Waals surface area (Å²) >= 11 is 1.51. The molecule has 1 atom stereocenters. The van der Waals surface area contributed by atoms with Crippen molar-refractivity contribution in [3.8, 4) is 11.8 Å². The molecule has 0 radical (unpaired) electrons. The van der Waals surface area contributed by atoms with Crippen LogP contribution in [0.3, 0.4) is 0 Å². The molecular formula is C13H10OS. The highest BCUT2D eigenvalue weighted by Crippen LogP contribution is 2.17. The second kappa shape index (κ2) is 4.79. The highest BCUT2D eigenvalue weighted by atomic mass is 32.1. The van der Waals surface area contributed by atoms with E-state index in [1.807, 2.05) is 47.8 Å². The lowest BCUT2D eigenvalue weighted by Gasteiger charge is -1.97. The molecule has 0 amide bonds. The van der Waals surface area contributed by atoms with E-state index in [-0.39, 0.29) is 0 Å². The summed E-state index contributed by atoms with van der Waals surface area (Å²) in [4.78, 5) is 0.887. The lowest BCUT2D eigenvalue weighted by molar-refractivity contribution is 0.242. The molecule has 1 aromatic carbocycles. The highest BCUT2D eigenvalue weighted by molar-refractivity contribution is 7.10. The summed E-state index contributed by atoms with van der Waals surface area (Å²) in [6.07, 6.45) is -0.676. The molecule has 1 nitrogen and oxygen atoms in total. The van der Waals surface area contributed by atoms with Crippen molar-refractivity contribution in [1.29, 1.82) is 0 Å². The SMILES string of the molecule is O[C@@H](C#Cc1ccccc1)c1cccs1. The zero-order chi connectivity index (χ0) is 10.5. The molecule has 0 spiro atoms. The van der Waals surface area contributed by atoms with Crippen LogP contribution in [0.5, 0.6) is 0 Å². The molecule has 0 unspecified atom stereocenters. The average molecular weight is 214 g/mol. The Morgan fingerprint density at radius 1 is 1.07 bits per heavy atom. The third kappa shape index (κ3) is 2.69. The van der Waals surface area contributed by atoms with Crippen molar-refractivity contribution < 1.29 is 5.11 Å². The van der Waals surface area contributed by atoms with E-state index in [0.717, 1.165) is 10.4 Å². The van der Waals surface area contributed by atoms with Gasteiger partial charge in [0.25, 0.3) is 0 Å². The van der Waals surface area contributed by atoms with Crippen LogP contribution in [0.2, 0.25) is 0 Å². The summed E-state index contributed by atoms with van der Waals surface area (Å²) in [5, 5.41) is 11.6. The van der Waals surface area contributed by atoms with Gasteiger partial charge in [-0.25, -0.2) is 0 Å². The van der Waals surface area contributed by atoms with Crippen LogP contribution >= 0.6 is 11.3 Å². The smallest absolute Gasteiger partial charge is 0.149 e. The number of aliphatic hydroxyl groups excluding tert-OH is 1. The Morgan fingerprint density at radius 3 is 2.53 bits per heavy atom. The van der Waals surface area contributed by atoms with E-state index in [1.54, 1.807) is 0 Å². The Labute approximate surface area is 93.0 Å². The fraction of sp³-hybridized carbons (Fsp3) is 0.0769. The molecule has 0 fully saturated rings. The minimum Gasteiger partial charge on any atom is -0.375 e. The van der Waals surface area contributed by atoms with Gasteiger partial charge in [0.2, 0.25) is 0 Å². The third-order valence-electron chi connectivity index (χ3n) is 1.94. The maximum atomic E-state index is 9.71. The zero-order valence-corrected chi connectivity index (χ0v) is 8.87. The maximum Gasteiger partial charge on any atom is 0.149 e. The van der Waals surface area contributed by atoms with Crippen LogP contribution in [0.25, 0.3) is 0 Å². The van der Waals surface area contributed by atoms with Crippen LogP contribution in [-0.4, -0.2) is 5.11 Å². The molecule has 0 saturated carbocycles. The van der Waals surface area contributed by atoms with Crippen molar-refractivity contribution in [3.05, 3.63) is 58.3 Å². The van der Waals surface area contributed by atoms with E-state index in [2.05, 4.69) is 11.8 Å². The van der Waals surface area contributed by atoms with Gasteiger partial charge in [0.05, 0.1) is 0 Å². The van der Waals surface area contributed by atoms with Crippen molar-refractivity contribution in [2.24, 2.45) is 0 Å². The van der Waals surface area contributed by atoms with Gasteiger partial charge in [-0.3, -0.25) is 0 Å². The monoisotopic (exact) mass is 214 g/mol. The van der Waals surface area contributed by atoms with Crippen molar-refractivity contribution in [3.63, 3.8) is 0 Å². The molecule has 0 saturated heterocycles. The number of rotatable bonds is 1. The fourth-order valence-corrected chi connectivity index (χ4v) is 1.85. The number of hydrogen-bond donors (Lipinski definition) is 1. The topological polar surface area (TPSA) is 20.2 Å². The van der Waals surface area contributed by atoms with Gasteiger partial charge in [0, 0.05) is 10.4 Å².